The molecule has 0 saturated heterocycles. The summed E-state index contributed by atoms with van der Waals surface area (Å²) in [5.74, 6) is 3.76. The number of nitrogens with zero attached hydrogens (tertiary/aromatic N) is 1. The molecule has 0 radical (unpaired) electrons. The molecule has 3 fully saturated rings. The van der Waals surface area contributed by atoms with Crippen molar-refractivity contribution in [1.29, 1.82) is 0 Å². The smallest absolute Gasteiger partial charge is 0.151 e. The summed E-state index contributed by atoms with van der Waals surface area (Å²) in [5, 5.41) is 3.51. The Kier molecular flexibility index (Phi) is 5.08. The monoisotopic (exact) mass is 431 g/mol. The van der Waals surface area contributed by atoms with E-state index in [1.165, 1.54) is 37.8 Å². The lowest BCUT2D eigenvalue weighted by Gasteiger charge is -2.43. The minimum absolute atomic E-state index is 0.0643. The molecule has 0 aromatic heterocycles. The molecule has 162 valence electrons. The normalized spacial score (nSPS) is 34.6. The van der Waals surface area contributed by atoms with E-state index in [-0.39, 0.29) is 6.23 Å². The van der Waals surface area contributed by atoms with Crippen molar-refractivity contribution in [1.82, 2.24) is 0 Å². The van der Waals surface area contributed by atoms with Crippen molar-refractivity contribution in [2.75, 3.05) is 6.61 Å². The molecule has 3 aliphatic carbocycles. The van der Waals surface area contributed by atoms with Crippen LogP contribution in [0, 0.1) is 29.6 Å². The van der Waals surface area contributed by atoms with Gasteiger partial charge in [0.2, 0.25) is 0 Å². The number of benzene rings is 2. The van der Waals surface area contributed by atoms with Crippen LogP contribution in [0.5, 0.6) is 0 Å². The van der Waals surface area contributed by atoms with E-state index in [0.717, 1.165) is 24.4 Å². The van der Waals surface area contributed by atoms with E-state index in [1.807, 2.05) is 0 Å². The van der Waals surface area contributed by atoms with Crippen LogP contribution in [0.15, 0.2) is 65.7 Å². The highest BCUT2D eigenvalue weighted by Gasteiger charge is 2.80. The standard InChI is InChI=1S/C28H34NOP/c1-19(2)27-29-25(18-30-27)23-17-24-26(20-11-9-10-12-20)28(23,24)31(21-13-5-3-6-14-21)22-15-7-4-8-16-22/h3-8,13-16,19-20,23-24,26-27H,9-12,17-18H2,1-2H3/t23?,24-,26?,27?,28+/m0/s1. The van der Waals surface area contributed by atoms with E-state index in [0.29, 0.717) is 17.0 Å². The molecule has 2 aromatic rings. The number of hydrogen-bond acceptors (Lipinski definition) is 2. The lowest BCUT2D eigenvalue weighted by Crippen LogP contribution is -2.44. The first kappa shape index (κ1) is 20.1. The minimum atomic E-state index is -0.410. The summed E-state index contributed by atoms with van der Waals surface area (Å²) in [4.78, 5) is 5.17. The second kappa shape index (κ2) is 7.82. The lowest BCUT2D eigenvalue weighted by atomic mass is 9.81. The van der Waals surface area contributed by atoms with Crippen LogP contribution >= 0.6 is 7.92 Å². The summed E-state index contributed by atoms with van der Waals surface area (Å²) in [5.41, 5.74) is 1.38. The molecule has 0 spiro atoms. The van der Waals surface area contributed by atoms with E-state index in [1.54, 1.807) is 10.6 Å². The maximum absolute atomic E-state index is 6.15. The maximum Gasteiger partial charge on any atom is 0.151 e. The van der Waals surface area contributed by atoms with Gasteiger partial charge in [-0.25, -0.2) is 0 Å². The Labute approximate surface area is 188 Å². The van der Waals surface area contributed by atoms with E-state index in [9.17, 15) is 0 Å². The molecule has 3 heteroatoms. The SMILES string of the molecule is CC(C)C1N=C(C2C[C@H]3C(C4CCCC4)[C@@]23P(c2ccccc2)c2ccccc2)CO1. The fraction of sp³-hybridized carbons (Fsp3) is 0.536. The lowest BCUT2D eigenvalue weighted by molar-refractivity contribution is 0.0722. The Morgan fingerprint density at radius 3 is 2.10 bits per heavy atom. The van der Waals surface area contributed by atoms with Crippen LogP contribution < -0.4 is 10.6 Å². The highest BCUT2D eigenvalue weighted by Crippen LogP contribution is 2.84. The van der Waals surface area contributed by atoms with Gasteiger partial charge in [-0.05, 0) is 48.6 Å². The second-order valence-corrected chi connectivity index (χ2v) is 12.9. The molecule has 0 N–H and O–H groups in total. The highest BCUT2D eigenvalue weighted by molar-refractivity contribution is 7.75. The molecule has 5 atom stereocenters. The van der Waals surface area contributed by atoms with Crippen LogP contribution in [-0.4, -0.2) is 23.7 Å². The van der Waals surface area contributed by atoms with Gasteiger partial charge in [-0.15, -0.1) is 0 Å². The predicted molar refractivity (Wildman–Crippen MR) is 131 cm³/mol. The van der Waals surface area contributed by atoms with E-state index in [2.05, 4.69) is 74.5 Å². The van der Waals surface area contributed by atoms with E-state index in [4.69, 9.17) is 9.73 Å². The topological polar surface area (TPSA) is 21.6 Å². The minimum Gasteiger partial charge on any atom is -0.350 e. The van der Waals surface area contributed by atoms with Crippen molar-refractivity contribution < 1.29 is 4.74 Å². The molecule has 3 saturated carbocycles. The largest absolute Gasteiger partial charge is 0.350 e. The van der Waals surface area contributed by atoms with Crippen LogP contribution in [0.4, 0.5) is 0 Å². The summed E-state index contributed by atoms with van der Waals surface area (Å²) in [7, 11) is -0.410. The first-order chi connectivity index (χ1) is 15.2. The van der Waals surface area contributed by atoms with Gasteiger partial charge in [0.05, 0.1) is 6.61 Å². The summed E-state index contributed by atoms with van der Waals surface area (Å²) in [6, 6.07) is 22.9. The van der Waals surface area contributed by atoms with Gasteiger partial charge in [-0.3, -0.25) is 4.99 Å². The van der Waals surface area contributed by atoms with Gasteiger partial charge in [-0.2, -0.15) is 0 Å². The first-order valence-electron chi connectivity index (χ1n) is 12.3. The average molecular weight is 432 g/mol. The van der Waals surface area contributed by atoms with Crippen LogP contribution in [0.3, 0.4) is 0 Å². The third-order valence-electron chi connectivity index (χ3n) is 8.49. The quantitative estimate of drug-likeness (QED) is 0.532. The zero-order valence-electron chi connectivity index (χ0n) is 18.8. The molecular formula is C28H34NOP. The number of rotatable bonds is 6. The molecule has 0 bridgehead atoms. The van der Waals surface area contributed by atoms with Crippen molar-refractivity contribution in [3.8, 4) is 0 Å². The number of fused-ring (bicyclic) bond motifs is 1. The number of aliphatic imine (C=N–C) groups is 1. The summed E-state index contributed by atoms with van der Waals surface area (Å²) in [6.07, 6.45) is 7.16. The molecular weight excluding hydrogens is 397 g/mol. The van der Waals surface area contributed by atoms with Crippen molar-refractivity contribution in [2.45, 2.75) is 57.3 Å². The van der Waals surface area contributed by atoms with Gasteiger partial charge < -0.3 is 4.74 Å². The average Bonchev–Trinajstić information content (AvgIpc) is 3.28. The van der Waals surface area contributed by atoms with Gasteiger partial charge in [0.15, 0.2) is 6.23 Å². The van der Waals surface area contributed by atoms with Crippen LogP contribution in [0.25, 0.3) is 0 Å². The Bertz CT molecular complexity index is 912. The number of ether oxygens (including phenoxy) is 1. The molecule has 4 aliphatic rings. The van der Waals surface area contributed by atoms with Crippen molar-refractivity contribution in [3.05, 3.63) is 60.7 Å². The van der Waals surface area contributed by atoms with Crippen molar-refractivity contribution in [2.24, 2.45) is 34.6 Å². The fourth-order valence-electron chi connectivity index (χ4n) is 7.19. The van der Waals surface area contributed by atoms with Crippen LogP contribution in [0.2, 0.25) is 0 Å². The maximum atomic E-state index is 6.15. The molecule has 31 heavy (non-hydrogen) atoms. The molecule has 1 aliphatic heterocycles. The number of hydrogen-bond donors (Lipinski definition) is 0. The Morgan fingerprint density at radius 2 is 1.55 bits per heavy atom. The fourth-order valence-corrected chi connectivity index (χ4v) is 11.1. The predicted octanol–water partition coefficient (Wildman–Crippen LogP) is 5.77. The van der Waals surface area contributed by atoms with Gasteiger partial charge in [0.25, 0.3) is 0 Å². The zero-order chi connectivity index (χ0) is 21.0. The van der Waals surface area contributed by atoms with E-state index >= 15 is 0 Å². The third-order valence-corrected chi connectivity index (χ3v) is 11.8. The van der Waals surface area contributed by atoms with Gasteiger partial charge >= 0.3 is 0 Å². The molecule has 1 heterocycles. The summed E-state index contributed by atoms with van der Waals surface area (Å²) in [6.45, 7) is 5.22. The van der Waals surface area contributed by atoms with Gasteiger partial charge in [0, 0.05) is 16.8 Å². The van der Waals surface area contributed by atoms with Crippen LogP contribution in [-0.2, 0) is 4.74 Å². The van der Waals surface area contributed by atoms with Crippen molar-refractivity contribution in [3.63, 3.8) is 0 Å². The van der Waals surface area contributed by atoms with Gasteiger partial charge in [0.1, 0.15) is 0 Å². The molecule has 2 nitrogen and oxygen atoms in total. The second-order valence-electron chi connectivity index (χ2n) is 10.4. The highest BCUT2D eigenvalue weighted by atomic mass is 31.1. The Morgan fingerprint density at radius 1 is 0.935 bits per heavy atom. The molecule has 3 unspecified atom stereocenters. The Hall–Kier alpha value is -1.50. The molecule has 0 amide bonds. The van der Waals surface area contributed by atoms with Gasteiger partial charge in [-0.1, -0.05) is 100 Å². The molecule has 2 aromatic carbocycles. The summed E-state index contributed by atoms with van der Waals surface area (Å²) >= 11 is 0. The molecule has 6 rings (SSSR count). The van der Waals surface area contributed by atoms with Crippen LogP contribution in [0.1, 0.15) is 46.0 Å². The first-order valence-corrected chi connectivity index (χ1v) is 13.6. The van der Waals surface area contributed by atoms with Crippen molar-refractivity contribution >= 4 is 24.2 Å². The third kappa shape index (κ3) is 3.09. The summed E-state index contributed by atoms with van der Waals surface area (Å²) < 4.78 is 6.15. The Balaban J connectivity index is 1.45. The van der Waals surface area contributed by atoms with E-state index < -0.39 is 7.92 Å². The zero-order valence-corrected chi connectivity index (χ0v) is 19.7.